The summed E-state index contributed by atoms with van der Waals surface area (Å²) in [5.41, 5.74) is 1.13. The molecule has 9 heteroatoms. The van der Waals surface area contributed by atoms with Crippen molar-refractivity contribution in [1.29, 1.82) is 0 Å². The molecule has 1 N–H and O–H groups in total. The molecule has 148 valence electrons. The summed E-state index contributed by atoms with van der Waals surface area (Å²) in [5, 5.41) is 12.6. The van der Waals surface area contributed by atoms with Crippen molar-refractivity contribution in [2.24, 2.45) is 0 Å². The van der Waals surface area contributed by atoms with Crippen molar-refractivity contribution < 1.29 is 31.4 Å². The molecule has 1 aliphatic carbocycles. The summed E-state index contributed by atoms with van der Waals surface area (Å²) in [5.74, 6) is -0.141. The number of nitrogens with zero attached hydrogens (tertiary/aromatic N) is 2. The number of aryl methyl sites for hydroxylation is 1. The Bertz CT molecular complexity index is 809. The summed E-state index contributed by atoms with van der Waals surface area (Å²) in [4.78, 5) is 0. The molecule has 1 aromatic heterocycles. The van der Waals surface area contributed by atoms with E-state index in [1.165, 1.54) is 0 Å². The Kier molecular flexibility index (Phi) is 5.24. The lowest BCUT2D eigenvalue weighted by Gasteiger charge is -2.13. The van der Waals surface area contributed by atoms with Crippen molar-refractivity contribution in [3.8, 4) is 0 Å². The zero-order valence-electron chi connectivity index (χ0n) is 14.2. The fourth-order valence-corrected chi connectivity index (χ4v) is 3.58. The molecule has 0 bridgehead atoms. The Balaban J connectivity index is 1.74. The SMILES string of the molecule is OCc1cn(Cc2ccc3c(c2)CCC3CCC(F)(F)F)nc1C(F)(F)F. The van der Waals surface area contributed by atoms with Gasteiger partial charge in [-0.3, -0.25) is 4.68 Å². The van der Waals surface area contributed by atoms with Crippen LogP contribution in [0.25, 0.3) is 0 Å². The van der Waals surface area contributed by atoms with Crippen LogP contribution in [0.4, 0.5) is 26.3 Å². The number of aliphatic hydroxyl groups is 1. The lowest BCUT2D eigenvalue weighted by molar-refractivity contribution is -0.142. The molecule has 1 unspecified atom stereocenters. The first kappa shape index (κ1) is 19.7. The fourth-order valence-electron chi connectivity index (χ4n) is 3.58. The van der Waals surface area contributed by atoms with Crippen LogP contribution >= 0.6 is 0 Å². The molecule has 0 saturated heterocycles. The molecule has 1 heterocycles. The van der Waals surface area contributed by atoms with Gasteiger partial charge in [-0.1, -0.05) is 18.2 Å². The third-order valence-corrected chi connectivity index (χ3v) is 4.81. The number of aromatic nitrogens is 2. The number of aliphatic hydroxyl groups excluding tert-OH is 1. The van der Waals surface area contributed by atoms with E-state index >= 15 is 0 Å². The number of hydrogen-bond acceptors (Lipinski definition) is 2. The first-order valence-electron chi connectivity index (χ1n) is 8.49. The van der Waals surface area contributed by atoms with Gasteiger partial charge in [0.05, 0.1) is 13.2 Å². The van der Waals surface area contributed by atoms with Crippen LogP contribution in [-0.2, 0) is 25.7 Å². The second kappa shape index (κ2) is 7.18. The van der Waals surface area contributed by atoms with Crippen molar-refractivity contribution in [3.63, 3.8) is 0 Å². The molecule has 0 amide bonds. The molecule has 1 aliphatic rings. The van der Waals surface area contributed by atoms with Gasteiger partial charge in [0.1, 0.15) is 0 Å². The largest absolute Gasteiger partial charge is 0.435 e. The Hall–Kier alpha value is -2.03. The maximum atomic E-state index is 12.9. The number of alkyl halides is 6. The summed E-state index contributed by atoms with van der Waals surface area (Å²) in [6.07, 6.45) is -7.15. The zero-order valence-corrected chi connectivity index (χ0v) is 14.2. The van der Waals surface area contributed by atoms with Crippen molar-refractivity contribution in [2.45, 2.75) is 57.1 Å². The first-order chi connectivity index (χ1) is 12.6. The Labute approximate surface area is 151 Å². The van der Waals surface area contributed by atoms with Gasteiger partial charge in [0.25, 0.3) is 0 Å². The smallest absolute Gasteiger partial charge is 0.392 e. The van der Waals surface area contributed by atoms with Crippen LogP contribution < -0.4 is 0 Å². The van der Waals surface area contributed by atoms with Gasteiger partial charge in [-0.25, -0.2) is 0 Å². The summed E-state index contributed by atoms with van der Waals surface area (Å²) in [7, 11) is 0. The molecule has 0 saturated carbocycles. The van der Waals surface area contributed by atoms with Gasteiger partial charge >= 0.3 is 12.4 Å². The highest BCUT2D eigenvalue weighted by Gasteiger charge is 2.37. The van der Waals surface area contributed by atoms with E-state index in [9.17, 15) is 26.3 Å². The van der Waals surface area contributed by atoms with E-state index in [0.29, 0.717) is 18.4 Å². The van der Waals surface area contributed by atoms with E-state index in [0.717, 1.165) is 22.0 Å². The maximum Gasteiger partial charge on any atom is 0.435 e. The molecule has 3 nitrogen and oxygen atoms in total. The van der Waals surface area contributed by atoms with E-state index in [4.69, 9.17) is 5.11 Å². The highest BCUT2D eigenvalue weighted by Crippen LogP contribution is 2.39. The van der Waals surface area contributed by atoms with Gasteiger partial charge in [0.15, 0.2) is 5.69 Å². The number of fused-ring (bicyclic) bond motifs is 1. The quantitative estimate of drug-likeness (QED) is 0.742. The number of rotatable bonds is 5. The van der Waals surface area contributed by atoms with Gasteiger partial charge in [0, 0.05) is 18.2 Å². The van der Waals surface area contributed by atoms with Crippen LogP contribution in [0.2, 0.25) is 0 Å². The van der Waals surface area contributed by atoms with Gasteiger partial charge in [-0.15, -0.1) is 0 Å². The minimum atomic E-state index is -4.65. The predicted molar refractivity (Wildman–Crippen MR) is 85.0 cm³/mol. The van der Waals surface area contributed by atoms with E-state index in [-0.39, 0.29) is 24.4 Å². The van der Waals surface area contributed by atoms with Crippen LogP contribution in [0.5, 0.6) is 0 Å². The molecule has 2 aromatic rings. The summed E-state index contributed by atoms with van der Waals surface area (Å²) in [6.45, 7) is -0.677. The fraction of sp³-hybridized carbons (Fsp3) is 0.500. The third-order valence-electron chi connectivity index (χ3n) is 4.81. The second-order valence-electron chi connectivity index (χ2n) is 6.78. The lowest BCUT2D eigenvalue weighted by Crippen LogP contribution is -2.10. The standard InChI is InChI=1S/C18H18F6N2O/c19-17(20,21)6-5-12-2-3-13-7-11(1-4-15(12)13)8-26-9-14(10-27)16(25-26)18(22,23)24/h1,4,7,9,12,27H,2-3,5-6,8,10H2. The van der Waals surface area contributed by atoms with E-state index in [2.05, 4.69) is 5.10 Å². The van der Waals surface area contributed by atoms with Crippen molar-refractivity contribution in [3.05, 3.63) is 52.3 Å². The zero-order chi connectivity index (χ0) is 19.8. The molecule has 1 atom stereocenters. The number of halogens is 6. The van der Waals surface area contributed by atoms with Crippen molar-refractivity contribution in [2.75, 3.05) is 0 Å². The molecule has 0 spiro atoms. The molecule has 0 aliphatic heterocycles. The van der Waals surface area contributed by atoms with Crippen LogP contribution in [-0.4, -0.2) is 21.1 Å². The van der Waals surface area contributed by atoms with Gasteiger partial charge in [0.2, 0.25) is 0 Å². The summed E-state index contributed by atoms with van der Waals surface area (Å²) < 4.78 is 77.1. The average Bonchev–Trinajstić information content (AvgIpc) is 3.15. The van der Waals surface area contributed by atoms with E-state index in [1.54, 1.807) is 12.1 Å². The number of hydrogen-bond donors (Lipinski definition) is 1. The molecular formula is C18H18F6N2O. The average molecular weight is 392 g/mol. The minimum absolute atomic E-state index is 0.0454. The third kappa shape index (κ3) is 4.63. The second-order valence-corrected chi connectivity index (χ2v) is 6.78. The molecule has 0 radical (unpaired) electrons. The van der Waals surface area contributed by atoms with E-state index in [1.807, 2.05) is 6.07 Å². The Morgan fingerprint density at radius 2 is 1.89 bits per heavy atom. The van der Waals surface area contributed by atoms with Gasteiger partial charge in [-0.2, -0.15) is 31.4 Å². The molecule has 27 heavy (non-hydrogen) atoms. The lowest BCUT2D eigenvalue weighted by atomic mass is 9.95. The molecular weight excluding hydrogens is 374 g/mol. The van der Waals surface area contributed by atoms with Crippen LogP contribution in [0.1, 0.15) is 53.1 Å². The molecule has 0 fully saturated rings. The van der Waals surface area contributed by atoms with Gasteiger partial charge in [-0.05, 0) is 41.9 Å². The summed E-state index contributed by atoms with van der Waals surface area (Å²) >= 11 is 0. The topological polar surface area (TPSA) is 38.0 Å². The molecule has 3 rings (SSSR count). The van der Waals surface area contributed by atoms with Crippen LogP contribution in [0.15, 0.2) is 24.4 Å². The Morgan fingerprint density at radius 1 is 1.15 bits per heavy atom. The van der Waals surface area contributed by atoms with Gasteiger partial charge < -0.3 is 5.11 Å². The van der Waals surface area contributed by atoms with Crippen molar-refractivity contribution in [1.82, 2.24) is 9.78 Å². The van der Waals surface area contributed by atoms with Crippen LogP contribution in [0, 0.1) is 0 Å². The minimum Gasteiger partial charge on any atom is -0.392 e. The maximum absolute atomic E-state index is 12.9. The predicted octanol–water partition coefficient (Wildman–Crippen LogP) is 4.81. The first-order valence-corrected chi connectivity index (χ1v) is 8.49. The normalized spacial score (nSPS) is 17.4. The van der Waals surface area contributed by atoms with E-state index < -0.39 is 31.1 Å². The summed E-state index contributed by atoms with van der Waals surface area (Å²) in [6, 6.07) is 5.29. The highest BCUT2D eigenvalue weighted by atomic mass is 19.4. The molecule has 1 aromatic carbocycles. The Morgan fingerprint density at radius 3 is 2.48 bits per heavy atom. The van der Waals surface area contributed by atoms with Crippen molar-refractivity contribution >= 4 is 0 Å². The monoisotopic (exact) mass is 392 g/mol. The highest BCUT2D eigenvalue weighted by molar-refractivity contribution is 5.38. The van der Waals surface area contributed by atoms with Crippen LogP contribution in [0.3, 0.4) is 0 Å². The number of benzene rings is 1.